The molecule has 0 bridgehead atoms. The Hall–Kier alpha value is -1.69. The molecule has 1 aliphatic rings. The molecule has 19 heavy (non-hydrogen) atoms. The number of aliphatic hydroxyl groups is 1. The Balaban J connectivity index is 2.17. The van der Waals surface area contributed by atoms with E-state index in [0.717, 1.165) is 25.2 Å². The number of ether oxygens (including phenoxy) is 1. The van der Waals surface area contributed by atoms with E-state index in [1.165, 1.54) is 13.5 Å². The lowest BCUT2D eigenvalue weighted by Gasteiger charge is -2.38. The van der Waals surface area contributed by atoms with Crippen molar-refractivity contribution >= 4 is 11.8 Å². The summed E-state index contributed by atoms with van der Waals surface area (Å²) in [7, 11) is 1.31. The van der Waals surface area contributed by atoms with Gasteiger partial charge < -0.3 is 14.7 Å². The van der Waals surface area contributed by atoms with Crippen LogP contribution in [0, 0.1) is 0 Å². The molecule has 1 aliphatic carbocycles. The van der Waals surface area contributed by atoms with Crippen molar-refractivity contribution in [3.05, 3.63) is 18.1 Å². The fourth-order valence-corrected chi connectivity index (χ4v) is 2.12. The molecule has 0 amide bonds. The molecule has 1 saturated carbocycles. The zero-order valence-corrected chi connectivity index (χ0v) is 11.1. The number of hydrogen-bond acceptors (Lipinski definition) is 6. The maximum absolute atomic E-state index is 11.4. The lowest BCUT2D eigenvalue weighted by Crippen LogP contribution is -2.41. The predicted octanol–water partition coefficient (Wildman–Crippen LogP) is 1.00. The third-order valence-corrected chi connectivity index (χ3v) is 3.38. The summed E-state index contributed by atoms with van der Waals surface area (Å²) >= 11 is 0. The van der Waals surface area contributed by atoms with Crippen LogP contribution in [0.1, 0.15) is 36.3 Å². The van der Waals surface area contributed by atoms with Gasteiger partial charge in [-0.2, -0.15) is 0 Å². The highest BCUT2D eigenvalue weighted by Crippen LogP contribution is 2.28. The first kappa shape index (κ1) is 13.7. The molecule has 1 aromatic rings. The number of hydrogen-bond donors (Lipinski definition) is 1. The predicted molar refractivity (Wildman–Crippen MR) is 70.1 cm³/mol. The Labute approximate surface area is 112 Å². The summed E-state index contributed by atoms with van der Waals surface area (Å²) in [6.45, 7) is 0.886. The van der Waals surface area contributed by atoms with Crippen molar-refractivity contribution < 1.29 is 14.6 Å². The summed E-state index contributed by atoms with van der Waals surface area (Å²) in [5.74, 6) is 0.277. The summed E-state index contributed by atoms with van der Waals surface area (Å²) in [5.41, 5.74) is 0. The molecule has 104 valence electrons. The number of aromatic nitrogens is 2. The van der Waals surface area contributed by atoms with Crippen LogP contribution in [-0.2, 0) is 4.74 Å². The van der Waals surface area contributed by atoms with Gasteiger partial charge in [0.2, 0.25) is 5.82 Å². The van der Waals surface area contributed by atoms with Gasteiger partial charge in [0.05, 0.1) is 7.11 Å². The Morgan fingerprint density at radius 1 is 1.58 bits per heavy atom. The SMILES string of the molecule is COC(=O)c1nccc(N(CCCO)C2CCC2)n1. The lowest BCUT2D eigenvalue weighted by molar-refractivity contribution is 0.0586. The quantitative estimate of drug-likeness (QED) is 0.773. The number of carbonyl (C=O) groups excluding carboxylic acids is 1. The molecule has 0 saturated heterocycles. The first-order chi connectivity index (χ1) is 9.26. The van der Waals surface area contributed by atoms with Crippen molar-refractivity contribution in [3.8, 4) is 0 Å². The standard InChI is InChI=1S/C13H19N3O3/c1-19-13(18)12-14-7-6-11(15-12)16(8-3-9-17)10-4-2-5-10/h6-7,10,17H,2-5,8-9H2,1H3. The van der Waals surface area contributed by atoms with Crippen LogP contribution in [0.4, 0.5) is 5.82 Å². The molecule has 0 unspecified atom stereocenters. The first-order valence-electron chi connectivity index (χ1n) is 6.55. The molecule has 1 N–H and O–H groups in total. The van der Waals surface area contributed by atoms with Crippen LogP contribution in [0.15, 0.2) is 12.3 Å². The maximum atomic E-state index is 11.4. The molecule has 1 aromatic heterocycles. The Morgan fingerprint density at radius 3 is 2.95 bits per heavy atom. The Morgan fingerprint density at radius 2 is 2.37 bits per heavy atom. The molecule has 1 heterocycles. The summed E-state index contributed by atoms with van der Waals surface area (Å²) < 4.78 is 4.63. The van der Waals surface area contributed by atoms with E-state index in [9.17, 15) is 4.79 Å². The second kappa shape index (κ2) is 6.47. The molecule has 0 aromatic carbocycles. The van der Waals surface area contributed by atoms with Crippen LogP contribution in [0.3, 0.4) is 0 Å². The Kier molecular flexibility index (Phi) is 4.68. The third-order valence-electron chi connectivity index (χ3n) is 3.38. The van der Waals surface area contributed by atoms with Gasteiger partial charge >= 0.3 is 5.97 Å². The molecule has 6 nitrogen and oxygen atoms in total. The van der Waals surface area contributed by atoms with Gasteiger partial charge in [-0.3, -0.25) is 0 Å². The number of carbonyl (C=O) groups is 1. The van der Waals surface area contributed by atoms with Crippen LogP contribution in [0.25, 0.3) is 0 Å². The smallest absolute Gasteiger partial charge is 0.376 e. The lowest BCUT2D eigenvalue weighted by atomic mass is 9.91. The van der Waals surface area contributed by atoms with Crippen LogP contribution < -0.4 is 4.90 Å². The van der Waals surface area contributed by atoms with Gasteiger partial charge in [-0.05, 0) is 31.7 Å². The van der Waals surface area contributed by atoms with Gasteiger partial charge in [-0.25, -0.2) is 14.8 Å². The van der Waals surface area contributed by atoms with Gasteiger partial charge in [-0.1, -0.05) is 0 Å². The zero-order valence-electron chi connectivity index (χ0n) is 11.1. The monoisotopic (exact) mass is 265 g/mol. The minimum Gasteiger partial charge on any atom is -0.463 e. The molecule has 6 heteroatoms. The van der Waals surface area contributed by atoms with Crippen LogP contribution in [0.5, 0.6) is 0 Å². The molecular weight excluding hydrogens is 246 g/mol. The summed E-state index contributed by atoms with van der Waals surface area (Å²) in [6, 6.07) is 2.24. The topological polar surface area (TPSA) is 75.5 Å². The molecule has 1 fully saturated rings. The first-order valence-corrected chi connectivity index (χ1v) is 6.55. The highest BCUT2D eigenvalue weighted by molar-refractivity contribution is 5.85. The van der Waals surface area contributed by atoms with E-state index in [1.807, 2.05) is 0 Å². The van der Waals surface area contributed by atoms with Gasteiger partial charge in [0, 0.05) is 25.4 Å². The second-order valence-electron chi connectivity index (χ2n) is 4.59. The van der Waals surface area contributed by atoms with Crippen molar-refractivity contribution in [1.29, 1.82) is 0 Å². The maximum Gasteiger partial charge on any atom is 0.376 e. The number of anilines is 1. The van der Waals surface area contributed by atoms with Crippen LogP contribution in [-0.4, -0.2) is 47.3 Å². The highest BCUT2D eigenvalue weighted by atomic mass is 16.5. The number of esters is 1. The Bertz CT molecular complexity index is 435. The highest BCUT2D eigenvalue weighted by Gasteiger charge is 2.26. The van der Waals surface area contributed by atoms with Gasteiger partial charge in [0.15, 0.2) is 0 Å². The van der Waals surface area contributed by atoms with Gasteiger partial charge in [0.1, 0.15) is 5.82 Å². The largest absolute Gasteiger partial charge is 0.463 e. The van der Waals surface area contributed by atoms with Crippen molar-refractivity contribution in [2.45, 2.75) is 31.7 Å². The van der Waals surface area contributed by atoms with E-state index < -0.39 is 5.97 Å². The van der Waals surface area contributed by atoms with Crippen molar-refractivity contribution in [2.24, 2.45) is 0 Å². The molecule has 0 aliphatic heterocycles. The molecule has 0 spiro atoms. The van der Waals surface area contributed by atoms with E-state index in [4.69, 9.17) is 5.11 Å². The average molecular weight is 265 g/mol. The molecule has 2 rings (SSSR count). The molecule has 0 atom stereocenters. The van der Waals surface area contributed by atoms with Gasteiger partial charge in [-0.15, -0.1) is 0 Å². The van der Waals surface area contributed by atoms with E-state index in [0.29, 0.717) is 12.5 Å². The summed E-state index contributed by atoms with van der Waals surface area (Å²) in [5, 5.41) is 8.98. The molecular formula is C13H19N3O3. The number of methoxy groups -OCH3 is 1. The van der Waals surface area contributed by atoms with Crippen molar-refractivity contribution in [1.82, 2.24) is 9.97 Å². The van der Waals surface area contributed by atoms with Crippen LogP contribution >= 0.6 is 0 Å². The normalized spacial score (nSPS) is 14.8. The second-order valence-corrected chi connectivity index (χ2v) is 4.59. The minimum absolute atomic E-state index is 0.0771. The minimum atomic E-state index is -0.530. The number of rotatable bonds is 6. The van der Waals surface area contributed by atoms with E-state index >= 15 is 0 Å². The van der Waals surface area contributed by atoms with Crippen LogP contribution in [0.2, 0.25) is 0 Å². The van der Waals surface area contributed by atoms with Gasteiger partial charge in [0.25, 0.3) is 0 Å². The van der Waals surface area contributed by atoms with E-state index in [2.05, 4.69) is 19.6 Å². The number of aliphatic hydroxyl groups excluding tert-OH is 1. The van der Waals surface area contributed by atoms with Crippen molar-refractivity contribution in [3.63, 3.8) is 0 Å². The number of nitrogens with zero attached hydrogens (tertiary/aromatic N) is 3. The third kappa shape index (κ3) is 3.20. The van der Waals surface area contributed by atoms with E-state index in [-0.39, 0.29) is 12.4 Å². The average Bonchev–Trinajstić information content (AvgIpc) is 2.40. The molecule has 0 radical (unpaired) electrons. The fourth-order valence-electron chi connectivity index (χ4n) is 2.12. The fraction of sp³-hybridized carbons (Fsp3) is 0.615. The summed E-state index contributed by atoms with van der Waals surface area (Å²) in [6.07, 6.45) is 5.73. The summed E-state index contributed by atoms with van der Waals surface area (Å²) in [4.78, 5) is 21.8. The zero-order chi connectivity index (χ0) is 13.7. The van der Waals surface area contributed by atoms with Crippen molar-refractivity contribution in [2.75, 3.05) is 25.2 Å². The van der Waals surface area contributed by atoms with E-state index in [1.54, 1.807) is 12.3 Å².